The average Bonchev–Trinajstić information content (AvgIpc) is 2.36. The van der Waals surface area contributed by atoms with Gasteiger partial charge in [-0.05, 0) is 24.1 Å². The summed E-state index contributed by atoms with van der Waals surface area (Å²) in [6.07, 6.45) is 1.47. The largest absolute Gasteiger partial charge is 0.478 e. The molecule has 0 aliphatic carbocycles. The standard InChI is InChI=1S/C14H17N3O2/c1-9(2)7-17(3)13-11-5-4-10(14(18)19)6-12(11)15-8-16-13/h4-6,8-9H,7H2,1-3H3,(H,18,19). The first-order valence-corrected chi connectivity index (χ1v) is 6.18. The third kappa shape index (κ3) is 2.81. The van der Waals surface area contributed by atoms with Crippen molar-refractivity contribution in [3.8, 4) is 0 Å². The SMILES string of the molecule is CC(C)CN(C)c1ncnc2cc(C(=O)O)ccc12. The van der Waals surface area contributed by atoms with Gasteiger partial charge in [0.1, 0.15) is 12.1 Å². The van der Waals surface area contributed by atoms with E-state index in [1.54, 1.807) is 18.2 Å². The molecule has 100 valence electrons. The van der Waals surface area contributed by atoms with Crippen LogP contribution in [0.1, 0.15) is 24.2 Å². The minimum atomic E-state index is -0.947. The Bertz CT molecular complexity index is 611. The number of anilines is 1. The fourth-order valence-corrected chi connectivity index (χ4v) is 2.11. The van der Waals surface area contributed by atoms with Crippen LogP contribution in [0.15, 0.2) is 24.5 Å². The number of nitrogens with zero attached hydrogens (tertiary/aromatic N) is 3. The molecular formula is C14H17N3O2. The van der Waals surface area contributed by atoms with Gasteiger partial charge in [0.05, 0.1) is 11.1 Å². The van der Waals surface area contributed by atoms with Crippen LogP contribution in [0.25, 0.3) is 10.9 Å². The first-order valence-electron chi connectivity index (χ1n) is 6.18. The monoisotopic (exact) mass is 259 g/mol. The number of carbonyl (C=O) groups is 1. The molecule has 0 radical (unpaired) electrons. The summed E-state index contributed by atoms with van der Waals surface area (Å²) in [5.41, 5.74) is 0.893. The zero-order chi connectivity index (χ0) is 14.0. The zero-order valence-corrected chi connectivity index (χ0v) is 11.3. The number of fused-ring (bicyclic) bond motifs is 1. The molecule has 0 unspecified atom stereocenters. The number of benzene rings is 1. The van der Waals surface area contributed by atoms with Crippen LogP contribution < -0.4 is 4.90 Å². The van der Waals surface area contributed by atoms with E-state index in [1.807, 2.05) is 7.05 Å². The van der Waals surface area contributed by atoms with Crippen molar-refractivity contribution < 1.29 is 9.90 Å². The summed E-state index contributed by atoms with van der Waals surface area (Å²) < 4.78 is 0. The van der Waals surface area contributed by atoms with E-state index in [0.29, 0.717) is 11.4 Å². The number of carboxylic acid groups (broad SMARTS) is 1. The van der Waals surface area contributed by atoms with Gasteiger partial charge in [0.25, 0.3) is 0 Å². The first kappa shape index (κ1) is 13.3. The van der Waals surface area contributed by atoms with E-state index in [2.05, 4.69) is 28.7 Å². The molecule has 1 aromatic heterocycles. The molecule has 5 nitrogen and oxygen atoms in total. The predicted molar refractivity (Wildman–Crippen MR) is 74.6 cm³/mol. The Morgan fingerprint density at radius 1 is 1.37 bits per heavy atom. The summed E-state index contributed by atoms with van der Waals surface area (Å²) in [7, 11) is 1.98. The third-order valence-electron chi connectivity index (χ3n) is 2.86. The summed E-state index contributed by atoms with van der Waals surface area (Å²) in [5, 5.41) is 9.86. The molecule has 0 fully saturated rings. The fourth-order valence-electron chi connectivity index (χ4n) is 2.11. The van der Waals surface area contributed by atoms with Crippen molar-refractivity contribution in [3.05, 3.63) is 30.1 Å². The maximum atomic E-state index is 11.0. The van der Waals surface area contributed by atoms with Crippen LogP contribution in [0.5, 0.6) is 0 Å². The highest BCUT2D eigenvalue weighted by Gasteiger charge is 2.11. The molecule has 0 amide bonds. The Hall–Kier alpha value is -2.17. The Morgan fingerprint density at radius 3 is 2.74 bits per heavy atom. The molecule has 2 rings (SSSR count). The summed E-state index contributed by atoms with van der Waals surface area (Å²) in [4.78, 5) is 21.5. The molecule has 2 aromatic rings. The summed E-state index contributed by atoms with van der Waals surface area (Å²) >= 11 is 0. The van der Waals surface area contributed by atoms with E-state index in [-0.39, 0.29) is 5.56 Å². The van der Waals surface area contributed by atoms with Crippen LogP contribution >= 0.6 is 0 Å². The van der Waals surface area contributed by atoms with Gasteiger partial charge in [-0.1, -0.05) is 13.8 Å². The maximum absolute atomic E-state index is 11.0. The molecule has 0 aliphatic rings. The highest BCUT2D eigenvalue weighted by atomic mass is 16.4. The van der Waals surface area contributed by atoms with E-state index in [0.717, 1.165) is 17.7 Å². The van der Waals surface area contributed by atoms with Gasteiger partial charge in [0.2, 0.25) is 0 Å². The lowest BCUT2D eigenvalue weighted by Crippen LogP contribution is -2.23. The van der Waals surface area contributed by atoms with Crippen LogP contribution in [-0.2, 0) is 0 Å². The summed E-state index contributed by atoms with van der Waals surface area (Å²) in [6.45, 7) is 5.16. The topological polar surface area (TPSA) is 66.3 Å². The molecule has 0 bridgehead atoms. The molecule has 1 heterocycles. The van der Waals surface area contributed by atoms with Crippen molar-refractivity contribution in [3.63, 3.8) is 0 Å². The van der Waals surface area contributed by atoms with E-state index < -0.39 is 5.97 Å². The number of hydrogen-bond acceptors (Lipinski definition) is 4. The molecular weight excluding hydrogens is 242 g/mol. The van der Waals surface area contributed by atoms with Crippen LogP contribution in [0.2, 0.25) is 0 Å². The van der Waals surface area contributed by atoms with Crippen LogP contribution in [0.4, 0.5) is 5.82 Å². The van der Waals surface area contributed by atoms with Gasteiger partial charge in [-0.2, -0.15) is 0 Å². The Morgan fingerprint density at radius 2 is 2.11 bits per heavy atom. The predicted octanol–water partition coefficient (Wildman–Crippen LogP) is 2.42. The third-order valence-corrected chi connectivity index (χ3v) is 2.86. The molecule has 0 spiro atoms. The lowest BCUT2D eigenvalue weighted by Gasteiger charge is -2.21. The van der Waals surface area contributed by atoms with Crippen LogP contribution in [0.3, 0.4) is 0 Å². The molecule has 1 N–H and O–H groups in total. The second kappa shape index (κ2) is 5.22. The Kier molecular flexibility index (Phi) is 3.64. The van der Waals surface area contributed by atoms with E-state index >= 15 is 0 Å². The van der Waals surface area contributed by atoms with Gasteiger partial charge in [-0.15, -0.1) is 0 Å². The van der Waals surface area contributed by atoms with Crippen LogP contribution in [-0.4, -0.2) is 34.6 Å². The normalized spacial score (nSPS) is 10.9. The van der Waals surface area contributed by atoms with Crippen molar-refractivity contribution >= 4 is 22.7 Å². The van der Waals surface area contributed by atoms with Crippen molar-refractivity contribution in [1.29, 1.82) is 0 Å². The first-order chi connectivity index (χ1) is 8.99. The summed E-state index contributed by atoms with van der Waals surface area (Å²) in [5.74, 6) is 0.404. The second-order valence-corrected chi connectivity index (χ2v) is 5.01. The van der Waals surface area contributed by atoms with E-state index in [1.165, 1.54) is 6.33 Å². The molecule has 19 heavy (non-hydrogen) atoms. The molecule has 0 aliphatic heterocycles. The number of aromatic carboxylic acids is 1. The minimum Gasteiger partial charge on any atom is -0.478 e. The van der Waals surface area contributed by atoms with Gasteiger partial charge in [0, 0.05) is 19.0 Å². The number of hydrogen-bond donors (Lipinski definition) is 1. The number of aromatic nitrogens is 2. The molecule has 0 saturated carbocycles. The van der Waals surface area contributed by atoms with Crippen LogP contribution in [0, 0.1) is 5.92 Å². The van der Waals surface area contributed by atoms with Gasteiger partial charge < -0.3 is 10.0 Å². The van der Waals surface area contributed by atoms with Gasteiger partial charge in [-0.25, -0.2) is 14.8 Å². The van der Waals surface area contributed by atoms with Crippen molar-refractivity contribution in [2.75, 3.05) is 18.5 Å². The van der Waals surface area contributed by atoms with Gasteiger partial charge in [0.15, 0.2) is 0 Å². The lowest BCUT2D eigenvalue weighted by atomic mass is 10.1. The fraction of sp³-hybridized carbons (Fsp3) is 0.357. The summed E-state index contributed by atoms with van der Waals surface area (Å²) in [6, 6.07) is 4.93. The average molecular weight is 259 g/mol. The molecule has 1 aromatic carbocycles. The van der Waals surface area contributed by atoms with E-state index in [9.17, 15) is 4.79 Å². The molecule has 0 atom stereocenters. The number of carboxylic acids is 1. The highest BCUT2D eigenvalue weighted by molar-refractivity contribution is 5.96. The van der Waals surface area contributed by atoms with E-state index in [4.69, 9.17) is 5.11 Å². The lowest BCUT2D eigenvalue weighted by molar-refractivity contribution is 0.0697. The van der Waals surface area contributed by atoms with Crippen molar-refractivity contribution in [1.82, 2.24) is 9.97 Å². The second-order valence-electron chi connectivity index (χ2n) is 5.01. The van der Waals surface area contributed by atoms with Crippen molar-refractivity contribution in [2.24, 2.45) is 5.92 Å². The molecule has 5 heteroatoms. The maximum Gasteiger partial charge on any atom is 0.335 e. The smallest absolute Gasteiger partial charge is 0.335 e. The zero-order valence-electron chi connectivity index (χ0n) is 11.3. The molecule has 0 saturated heterocycles. The Balaban J connectivity index is 2.49. The Labute approximate surface area is 111 Å². The van der Waals surface area contributed by atoms with Gasteiger partial charge in [-0.3, -0.25) is 0 Å². The van der Waals surface area contributed by atoms with Gasteiger partial charge >= 0.3 is 5.97 Å². The minimum absolute atomic E-state index is 0.240. The number of rotatable bonds is 4. The van der Waals surface area contributed by atoms with Crippen molar-refractivity contribution in [2.45, 2.75) is 13.8 Å². The quantitative estimate of drug-likeness (QED) is 0.913. The highest BCUT2D eigenvalue weighted by Crippen LogP contribution is 2.23.